The first-order valence-electron chi connectivity index (χ1n) is 5.67. The second-order valence-corrected chi connectivity index (χ2v) is 5.30. The predicted octanol–water partition coefficient (Wildman–Crippen LogP) is 3.38. The smallest absolute Gasteiger partial charge is 0.129 e. The number of aromatic nitrogens is 1. The molecule has 0 fully saturated rings. The first kappa shape index (κ1) is 14.9. The van der Waals surface area contributed by atoms with Crippen LogP contribution >= 0.6 is 11.6 Å². The third-order valence-corrected chi connectivity index (χ3v) is 3.73. The van der Waals surface area contributed by atoms with Gasteiger partial charge in [-0.2, -0.15) is 0 Å². The third kappa shape index (κ3) is 2.56. The number of amides is 1. The van der Waals surface area contributed by atoms with E-state index in [4.69, 9.17) is 17.3 Å². The van der Waals surface area contributed by atoms with Crippen molar-refractivity contribution in [2.45, 2.75) is 12.8 Å². The van der Waals surface area contributed by atoms with Gasteiger partial charge in [0.1, 0.15) is 5.15 Å². The summed E-state index contributed by atoms with van der Waals surface area (Å²) >= 11 is 5.87. The van der Waals surface area contributed by atoms with E-state index in [-0.39, 0.29) is 32.7 Å². The number of hydrogen-bond donors (Lipinski definition) is 0. The fraction of sp³-hybridized carbons (Fsp3) is 0.214. The molecule has 3 rings (SSSR count). The van der Waals surface area contributed by atoms with E-state index in [1.54, 1.807) is 6.07 Å². The second kappa shape index (κ2) is 5.12. The van der Waals surface area contributed by atoms with E-state index in [2.05, 4.69) is 11.9 Å². The molecule has 0 saturated carbocycles. The monoisotopic (exact) mass is 347 g/mol. The average molecular weight is 348 g/mol. The van der Waals surface area contributed by atoms with E-state index < -0.39 is 11.3 Å². The molecule has 3 nitrogen and oxygen atoms in total. The van der Waals surface area contributed by atoms with Crippen molar-refractivity contribution in [2.75, 3.05) is 0 Å². The summed E-state index contributed by atoms with van der Waals surface area (Å²) in [6.45, 7) is 3.91. The molecule has 0 spiro atoms. The minimum atomic E-state index is -0.830. The van der Waals surface area contributed by atoms with Crippen molar-refractivity contribution in [1.82, 2.24) is 4.98 Å². The zero-order valence-corrected chi connectivity index (χ0v) is 13.8. The van der Waals surface area contributed by atoms with Gasteiger partial charge in [-0.05, 0) is 48.2 Å². The summed E-state index contributed by atoms with van der Waals surface area (Å²) < 4.78 is 0. The number of halogens is 1. The summed E-state index contributed by atoms with van der Waals surface area (Å²) in [5, 5.41) is 1.46. The average Bonchev–Trinajstić information content (AvgIpc) is 2.62. The standard InChI is InChI=1S/C14H12ClN2O.Y/c1-14(13(16)18)6-9-4-8-2-3-12(15)17-11(8)5-10(9)7-14;/h2-5H,1,6-7H2,(H2,16,18);/q-1;/p-1. The van der Waals surface area contributed by atoms with E-state index in [9.17, 15) is 4.79 Å². The Morgan fingerprint density at radius 1 is 1.32 bits per heavy atom. The second-order valence-electron chi connectivity index (χ2n) is 4.91. The molecular formula is C14H11ClN2OY-2. The van der Waals surface area contributed by atoms with Gasteiger partial charge in [-0.1, -0.05) is 11.6 Å². The van der Waals surface area contributed by atoms with Crippen LogP contribution < -0.4 is 0 Å². The number of carbonyl (C=O) groups excluding carboxylic acids is 1. The maximum absolute atomic E-state index is 11.4. The first-order chi connectivity index (χ1) is 8.48. The van der Waals surface area contributed by atoms with Gasteiger partial charge in [0.15, 0.2) is 0 Å². The van der Waals surface area contributed by atoms with E-state index >= 15 is 0 Å². The number of benzene rings is 1. The van der Waals surface area contributed by atoms with Gasteiger partial charge < -0.3 is 17.5 Å². The maximum Gasteiger partial charge on any atom is 0.129 e. The Hall–Kier alpha value is -0.506. The van der Waals surface area contributed by atoms with Crippen LogP contribution in [0.5, 0.6) is 0 Å². The van der Waals surface area contributed by atoms with Crippen molar-refractivity contribution in [3.05, 3.63) is 53.2 Å². The van der Waals surface area contributed by atoms with Gasteiger partial charge in [-0.15, -0.1) is 5.41 Å². The van der Waals surface area contributed by atoms with Crippen molar-refractivity contribution < 1.29 is 37.5 Å². The minimum absolute atomic E-state index is 0. The Bertz CT molecular complexity index is 674. The topological polar surface area (TPSA) is 53.8 Å². The molecule has 1 aliphatic carbocycles. The number of fused-ring (bicyclic) bond motifs is 2. The number of nitrogens with zero attached hydrogens (tertiary/aromatic N) is 1. The van der Waals surface area contributed by atoms with Crippen LogP contribution in [-0.2, 0) is 50.3 Å². The Labute approximate surface area is 141 Å². The molecule has 95 valence electrons. The van der Waals surface area contributed by atoms with Gasteiger partial charge in [0.2, 0.25) is 0 Å². The molecule has 1 aromatic heterocycles. The number of nitrogens with one attached hydrogen (secondary N) is 1. The number of carbonyl (C=O) groups is 1. The molecule has 1 radical (unpaired) electrons. The maximum atomic E-state index is 11.4. The van der Waals surface area contributed by atoms with Crippen LogP contribution in [0.25, 0.3) is 16.6 Å². The number of pyridine rings is 1. The van der Waals surface area contributed by atoms with Crippen molar-refractivity contribution in [3.63, 3.8) is 0 Å². The molecule has 0 bridgehead atoms. The van der Waals surface area contributed by atoms with Gasteiger partial charge in [0, 0.05) is 44.0 Å². The van der Waals surface area contributed by atoms with Crippen LogP contribution in [0.2, 0.25) is 5.15 Å². The van der Waals surface area contributed by atoms with Gasteiger partial charge >= 0.3 is 0 Å². The van der Waals surface area contributed by atoms with Crippen LogP contribution in [-0.4, -0.2) is 10.9 Å². The largest absolute Gasteiger partial charge is 0.670 e. The first-order valence-corrected chi connectivity index (χ1v) is 6.05. The molecule has 0 saturated heterocycles. The quantitative estimate of drug-likeness (QED) is 0.586. The van der Waals surface area contributed by atoms with E-state index in [0.29, 0.717) is 18.0 Å². The molecule has 2 aromatic rings. The Morgan fingerprint density at radius 2 is 1.95 bits per heavy atom. The van der Waals surface area contributed by atoms with Crippen molar-refractivity contribution in [1.29, 1.82) is 0 Å². The van der Waals surface area contributed by atoms with E-state index in [1.165, 1.54) is 0 Å². The summed E-state index contributed by atoms with van der Waals surface area (Å²) in [6, 6.07) is 7.63. The molecule has 0 aliphatic heterocycles. The van der Waals surface area contributed by atoms with E-state index in [0.717, 1.165) is 22.0 Å². The third-order valence-electron chi connectivity index (χ3n) is 3.52. The fourth-order valence-corrected chi connectivity index (χ4v) is 2.67. The van der Waals surface area contributed by atoms with Crippen LogP contribution in [0, 0.1) is 12.3 Å². The van der Waals surface area contributed by atoms with Crippen LogP contribution in [0.3, 0.4) is 0 Å². The SMILES string of the molecule is [CH2-]C1(C([NH-])=O)Cc2cc3ccc(Cl)nc3cc2C1.[Y]. The molecular weight excluding hydrogens is 337 g/mol. The van der Waals surface area contributed by atoms with Gasteiger partial charge in [0.05, 0.1) is 5.52 Å². The van der Waals surface area contributed by atoms with Crippen LogP contribution in [0.15, 0.2) is 24.3 Å². The van der Waals surface area contributed by atoms with Crippen molar-refractivity contribution in [2.24, 2.45) is 5.41 Å². The minimum Gasteiger partial charge on any atom is -0.670 e. The summed E-state index contributed by atoms with van der Waals surface area (Å²) in [7, 11) is 0. The van der Waals surface area contributed by atoms with Gasteiger partial charge in [-0.25, -0.2) is 4.98 Å². The van der Waals surface area contributed by atoms with Crippen molar-refractivity contribution >= 4 is 28.4 Å². The molecule has 1 aliphatic rings. The molecule has 1 atom stereocenters. The number of hydrogen-bond acceptors (Lipinski definition) is 2. The zero-order chi connectivity index (χ0) is 12.9. The van der Waals surface area contributed by atoms with Gasteiger partial charge in [-0.3, -0.25) is 0 Å². The summed E-state index contributed by atoms with van der Waals surface area (Å²) in [5.41, 5.74) is 9.45. The zero-order valence-electron chi connectivity index (χ0n) is 10.2. The van der Waals surface area contributed by atoms with Crippen LogP contribution in [0.1, 0.15) is 11.1 Å². The Balaban J connectivity index is 0.00000133. The normalized spacial score (nSPS) is 20.9. The fourth-order valence-electron chi connectivity index (χ4n) is 2.52. The molecule has 1 amide bonds. The van der Waals surface area contributed by atoms with Crippen molar-refractivity contribution in [3.8, 4) is 0 Å². The van der Waals surface area contributed by atoms with Gasteiger partial charge in [0.25, 0.3) is 0 Å². The molecule has 1 heterocycles. The van der Waals surface area contributed by atoms with Crippen LogP contribution in [0.4, 0.5) is 0 Å². The predicted molar refractivity (Wildman–Crippen MR) is 71.3 cm³/mol. The molecule has 1 N–H and O–H groups in total. The van der Waals surface area contributed by atoms with E-state index in [1.807, 2.05) is 18.2 Å². The Kier molecular flexibility index (Phi) is 4.01. The molecule has 1 unspecified atom stereocenters. The molecule has 19 heavy (non-hydrogen) atoms. The number of rotatable bonds is 1. The Morgan fingerprint density at radius 3 is 2.58 bits per heavy atom. The summed E-state index contributed by atoms with van der Waals surface area (Å²) in [5.74, 6) is -0.603. The molecule has 1 aromatic carbocycles. The summed E-state index contributed by atoms with van der Waals surface area (Å²) in [4.78, 5) is 15.6. The summed E-state index contributed by atoms with van der Waals surface area (Å²) in [6.07, 6.45) is 1.04. The molecule has 5 heteroatoms.